The molecule has 0 saturated heterocycles. The van der Waals surface area contributed by atoms with E-state index < -0.39 is 0 Å². The van der Waals surface area contributed by atoms with E-state index in [2.05, 4.69) is 24.4 Å². The summed E-state index contributed by atoms with van der Waals surface area (Å²) in [6.07, 6.45) is 0. The fourth-order valence-electron chi connectivity index (χ4n) is 2.00. The molecule has 2 rings (SSSR count). The van der Waals surface area contributed by atoms with Gasteiger partial charge in [-0.3, -0.25) is 0 Å². The first-order valence-corrected chi connectivity index (χ1v) is 7.19. The lowest BCUT2D eigenvalue weighted by molar-refractivity contribution is 0.146. The van der Waals surface area contributed by atoms with Gasteiger partial charge in [-0.05, 0) is 43.7 Å². The van der Waals surface area contributed by atoms with Crippen molar-refractivity contribution in [1.29, 1.82) is 0 Å². The van der Waals surface area contributed by atoms with Crippen molar-refractivity contribution in [3.63, 3.8) is 0 Å². The number of benzene rings is 1. The quantitative estimate of drug-likeness (QED) is 0.756. The van der Waals surface area contributed by atoms with Crippen molar-refractivity contribution in [2.75, 3.05) is 20.3 Å². The Labute approximate surface area is 126 Å². The summed E-state index contributed by atoms with van der Waals surface area (Å²) in [5.74, 6) is 2.77. The van der Waals surface area contributed by atoms with E-state index in [0.29, 0.717) is 13.2 Å². The zero-order chi connectivity index (χ0) is 15.1. The molecule has 1 aromatic heterocycles. The molecule has 4 heteroatoms. The first-order chi connectivity index (χ1) is 10.2. The highest BCUT2D eigenvalue weighted by molar-refractivity contribution is 5.27. The lowest BCUT2D eigenvalue weighted by Gasteiger charge is -2.12. The minimum Gasteiger partial charge on any atom is -0.491 e. The van der Waals surface area contributed by atoms with Crippen LogP contribution in [-0.2, 0) is 11.3 Å². The van der Waals surface area contributed by atoms with Crippen molar-refractivity contribution in [3.05, 3.63) is 53.5 Å². The Morgan fingerprint density at radius 3 is 2.48 bits per heavy atom. The second kappa shape index (κ2) is 7.86. The van der Waals surface area contributed by atoms with E-state index in [-0.39, 0.29) is 6.04 Å². The maximum atomic E-state index is 5.61. The van der Waals surface area contributed by atoms with Crippen LogP contribution in [0, 0.1) is 6.92 Å². The van der Waals surface area contributed by atoms with Crippen LogP contribution in [0.25, 0.3) is 0 Å². The van der Waals surface area contributed by atoms with E-state index in [4.69, 9.17) is 13.9 Å². The van der Waals surface area contributed by atoms with Gasteiger partial charge in [-0.15, -0.1) is 0 Å². The van der Waals surface area contributed by atoms with Crippen LogP contribution in [0.5, 0.6) is 5.75 Å². The molecule has 1 atom stereocenters. The van der Waals surface area contributed by atoms with Crippen LogP contribution >= 0.6 is 0 Å². The summed E-state index contributed by atoms with van der Waals surface area (Å²) in [7, 11) is 1.67. The third kappa shape index (κ3) is 4.92. The summed E-state index contributed by atoms with van der Waals surface area (Å²) < 4.78 is 16.1. The van der Waals surface area contributed by atoms with Crippen LogP contribution < -0.4 is 10.1 Å². The van der Waals surface area contributed by atoms with Crippen molar-refractivity contribution < 1.29 is 13.9 Å². The first kappa shape index (κ1) is 15.6. The molecule has 4 nitrogen and oxygen atoms in total. The highest BCUT2D eigenvalue weighted by Crippen LogP contribution is 2.17. The molecule has 0 aliphatic heterocycles. The lowest BCUT2D eigenvalue weighted by atomic mass is 10.2. The minimum atomic E-state index is 0.191. The van der Waals surface area contributed by atoms with E-state index in [1.807, 2.05) is 31.2 Å². The fourth-order valence-corrected chi connectivity index (χ4v) is 2.00. The molecule has 1 N–H and O–H groups in total. The van der Waals surface area contributed by atoms with Gasteiger partial charge in [0, 0.05) is 13.7 Å². The van der Waals surface area contributed by atoms with Gasteiger partial charge in [0.05, 0.1) is 12.6 Å². The van der Waals surface area contributed by atoms with Gasteiger partial charge < -0.3 is 19.2 Å². The van der Waals surface area contributed by atoms with Crippen LogP contribution in [0.1, 0.15) is 30.0 Å². The topological polar surface area (TPSA) is 43.6 Å². The average molecular weight is 289 g/mol. The van der Waals surface area contributed by atoms with E-state index in [1.165, 1.54) is 5.56 Å². The molecule has 0 aliphatic rings. The minimum absolute atomic E-state index is 0.191. The molecular formula is C17H23NO3. The number of methoxy groups -OCH3 is 1. The van der Waals surface area contributed by atoms with Gasteiger partial charge in [0.1, 0.15) is 23.9 Å². The molecule has 0 amide bonds. The summed E-state index contributed by atoms with van der Waals surface area (Å²) in [6.45, 7) is 6.02. The molecule has 1 unspecified atom stereocenters. The van der Waals surface area contributed by atoms with Crippen molar-refractivity contribution in [2.45, 2.75) is 26.4 Å². The third-order valence-electron chi connectivity index (χ3n) is 3.28. The maximum Gasteiger partial charge on any atom is 0.120 e. The van der Waals surface area contributed by atoms with Crippen molar-refractivity contribution in [3.8, 4) is 5.75 Å². The number of ether oxygens (including phenoxy) is 2. The molecule has 0 radical (unpaired) electrons. The lowest BCUT2D eigenvalue weighted by Crippen LogP contribution is -2.17. The SMILES string of the molecule is COCCOc1ccc(CNC(C)c2ccc(C)o2)cc1. The van der Waals surface area contributed by atoms with E-state index in [1.54, 1.807) is 7.11 Å². The summed E-state index contributed by atoms with van der Waals surface area (Å²) in [5.41, 5.74) is 1.21. The summed E-state index contributed by atoms with van der Waals surface area (Å²) in [6, 6.07) is 12.3. The van der Waals surface area contributed by atoms with Crippen LogP contribution in [0.15, 0.2) is 40.8 Å². The summed E-state index contributed by atoms with van der Waals surface area (Å²) in [5, 5.41) is 3.45. The van der Waals surface area contributed by atoms with E-state index >= 15 is 0 Å². The van der Waals surface area contributed by atoms with Gasteiger partial charge in [-0.25, -0.2) is 0 Å². The number of rotatable bonds is 8. The molecule has 1 heterocycles. The molecule has 0 saturated carbocycles. The Bertz CT molecular complexity index is 533. The maximum absolute atomic E-state index is 5.61. The van der Waals surface area contributed by atoms with Crippen LogP contribution in [0.3, 0.4) is 0 Å². The molecule has 21 heavy (non-hydrogen) atoms. The number of hydrogen-bond donors (Lipinski definition) is 1. The Morgan fingerprint density at radius 2 is 1.86 bits per heavy atom. The molecule has 0 bridgehead atoms. The molecular weight excluding hydrogens is 266 g/mol. The molecule has 0 spiro atoms. The third-order valence-corrected chi connectivity index (χ3v) is 3.28. The smallest absolute Gasteiger partial charge is 0.120 e. The average Bonchev–Trinajstić information content (AvgIpc) is 2.93. The summed E-state index contributed by atoms with van der Waals surface area (Å²) >= 11 is 0. The summed E-state index contributed by atoms with van der Waals surface area (Å²) in [4.78, 5) is 0. The van der Waals surface area contributed by atoms with Crippen LogP contribution in [-0.4, -0.2) is 20.3 Å². The first-order valence-electron chi connectivity index (χ1n) is 7.19. The number of nitrogens with one attached hydrogen (secondary N) is 1. The monoisotopic (exact) mass is 289 g/mol. The Kier molecular flexibility index (Phi) is 5.84. The van der Waals surface area contributed by atoms with Crippen molar-refractivity contribution >= 4 is 0 Å². The van der Waals surface area contributed by atoms with Gasteiger partial charge in [-0.1, -0.05) is 12.1 Å². The molecule has 1 aromatic carbocycles. The molecule has 0 aliphatic carbocycles. The number of hydrogen-bond acceptors (Lipinski definition) is 4. The Hall–Kier alpha value is -1.78. The van der Waals surface area contributed by atoms with Gasteiger partial charge in [0.25, 0.3) is 0 Å². The number of furan rings is 1. The van der Waals surface area contributed by atoms with Crippen LogP contribution in [0.2, 0.25) is 0 Å². The highest BCUT2D eigenvalue weighted by Gasteiger charge is 2.08. The molecule has 114 valence electrons. The fraction of sp³-hybridized carbons (Fsp3) is 0.412. The van der Waals surface area contributed by atoms with Crippen molar-refractivity contribution in [2.24, 2.45) is 0 Å². The largest absolute Gasteiger partial charge is 0.491 e. The van der Waals surface area contributed by atoms with Crippen molar-refractivity contribution in [1.82, 2.24) is 5.32 Å². The predicted octanol–water partition coefficient (Wildman–Crippen LogP) is 3.46. The van der Waals surface area contributed by atoms with Gasteiger partial charge in [0.2, 0.25) is 0 Å². The second-order valence-corrected chi connectivity index (χ2v) is 5.04. The zero-order valence-corrected chi connectivity index (χ0v) is 12.9. The van der Waals surface area contributed by atoms with Crippen LogP contribution in [0.4, 0.5) is 0 Å². The van der Waals surface area contributed by atoms with E-state index in [9.17, 15) is 0 Å². The highest BCUT2D eigenvalue weighted by atomic mass is 16.5. The van der Waals surface area contributed by atoms with Gasteiger partial charge in [0.15, 0.2) is 0 Å². The molecule has 0 fully saturated rings. The normalized spacial score (nSPS) is 12.3. The Balaban J connectivity index is 1.80. The Morgan fingerprint density at radius 1 is 1.10 bits per heavy atom. The second-order valence-electron chi connectivity index (χ2n) is 5.04. The predicted molar refractivity (Wildman–Crippen MR) is 82.5 cm³/mol. The van der Waals surface area contributed by atoms with Gasteiger partial charge >= 0.3 is 0 Å². The standard InChI is InChI=1S/C17H23NO3/c1-13-4-9-17(21-13)14(2)18-12-15-5-7-16(8-6-15)20-11-10-19-3/h4-9,14,18H,10-12H2,1-3H3. The van der Waals surface area contributed by atoms with Gasteiger partial charge in [-0.2, -0.15) is 0 Å². The molecule has 2 aromatic rings. The zero-order valence-electron chi connectivity index (χ0n) is 12.9. The number of aryl methyl sites for hydroxylation is 1. The van der Waals surface area contributed by atoms with E-state index in [0.717, 1.165) is 23.8 Å².